The molecular formula is C21H19ClN4O2S. The van der Waals surface area contributed by atoms with Crippen LogP contribution in [0.25, 0.3) is 5.65 Å². The number of hydrogen-bond donors (Lipinski definition) is 0. The van der Waals surface area contributed by atoms with Gasteiger partial charge in [-0.25, -0.2) is 8.42 Å². The molecule has 8 heteroatoms. The van der Waals surface area contributed by atoms with E-state index in [0.29, 0.717) is 16.4 Å². The van der Waals surface area contributed by atoms with Crippen molar-refractivity contribution in [2.45, 2.75) is 24.8 Å². The highest BCUT2D eigenvalue weighted by atomic mass is 35.5. The van der Waals surface area contributed by atoms with Crippen molar-refractivity contribution in [2.75, 3.05) is 4.31 Å². The molecule has 0 saturated heterocycles. The van der Waals surface area contributed by atoms with Gasteiger partial charge in [0.05, 0.1) is 12.2 Å². The van der Waals surface area contributed by atoms with Crippen LogP contribution in [-0.2, 0) is 23.0 Å². The number of pyridine rings is 1. The summed E-state index contributed by atoms with van der Waals surface area (Å²) in [5.74, 6) is 0. The van der Waals surface area contributed by atoms with Crippen molar-refractivity contribution in [3.05, 3.63) is 89.3 Å². The van der Waals surface area contributed by atoms with Crippen LogP contribution in [0, 0.1) is 0 Å². The van der Waals surface area contributed by atoms with Crippen LogP contribution in [0.5, 0.6) is 0 Å². The zero-order chi connectivity index (χ0) is 20.4. The number of fused-ring (bicyclic) bond motifs is 1. The molecular weight excluding hydrogens is 408 g/mol. The molecule has 0 fully saturated rings. The normalized spacial score (nSPS) is 11.7. The van der Waals surface area contributed by atoms with Crippen molar-refractivity contribution in [2.24, 2.45) is 0 Å². The van der Waals surface area contributed by atoms with E-state index < -0.39 is 10.0 Å². The Hall–Kier alpha value is -2.90. The second-order valence-corrected chi connectivity index (χ2v) is 8.86. The van der Waals surface area contributed by atoms with Gasteiger partial charge in [0.1, 0.15) is 11.2 Å². The summed E-state index contributed by atoms with van der Waals surface area (Å²) in [6.45, 7) is 2.23. The van der Waals surface area contributed by atoms with Gasteiger partial charge in [0.2, 0.25) is 0 Å². The average Bonchev–Trinajstić information content (AvgIpc) is 3.22. The fraction of sp³-hybridized carbons (Fsp3) is 0.143. The fourth-order valence-electron chi connectivity index (χ4n) is 3.11. The third-order valence-electron chi connectivity index (χ3n) is 4.73. The lowest BCUT2D eigenvalue weighted by Crippen LogP contribution is -2.31. The third kappa shape index (κ3) is 3.83. The first-order chi connectivity index (χ1) is 14.0. The minimum absolute atomic E-state index is 0.103. The molecule has 0 radical (unpaired) electrons. The van der Waals surface area contributed by atoms with Crippen molar-refractivity contribution in [3.63, 3.8) is 0 Å². The van der Waals surface area contributed by atoms with Gasteiger partial charge in [-0.3, -0.25) is 8.71 Å². The van der Waals surface area contributed by atoms with Crippen molar-refractivity contribution < 1.29 is 8.42 Å². The Labute approximate surface area is 174 Å². The minimum atomic E-state index is -3.90. The molecule has 0 N–H and O–H groups in total. The molecule has 0 amide bonds. The summed E-state index contributed by atoms with van der Waals surface area (Å²) in [6.07, 6.45) is 4.07. The molecule has 29 heavy (non-hydrogen) atoms. The second-order valence-electron chi connectivity index (χ2n) is 6.59. The van der Waals surface area contributed by atoms with Crippen LogP contribution in [0.4, 0.5) is 5.69 Å². The number of rotatable bonds is 6. The van der Waals surface area contributed by atoms with Gasteiger partial charge >= 0.3 is 0 Å². The molecule has 0 spiro atoms. The SMILES string of the molecule is CCc1ccc(N(Cc2ccc(Cl)cc2)S(=O)(=O)c2cccn3cnnc23)cc1. The van der Waals surface area contributed by atoms with Crippen molar-refractivity contribution in [1.29, 1.82) is 0 Å². The highest BCUT2D eigenvalue weighted by molar-refractivity contribution is 7.93. The minimum Gasteiger partial charge on any atom is -0.288 e. The van der Waals surface area contributed by atoms with Crippen LogP contribution >= 0.6 is 11.6 Å². The smallest absolute Gasteiger partial charge is 0.268 e. The Morgan fingerprint density at radius 2 is 1.69 bits per heavy atom. The summed E-state index contributed by atoms with van der Waals surface area (Å²) < 4.78 is 30.4. The highest BCUT2D eigenvalue weighted by Gasteiger charge is 2.28. The second kappa shape index (κ2) is 7.85. The Morgan fingerprint density at radius 1 is 1.00 bits per heavy atom. The monoisotopic (exact) mass is 426 g/mol. The van der Waals surface area contributed by atoms with E-state index in [-0.39, 0.29) is 11.4 Å². The van der Waals surface area contributed by atoms with Crippen LogP contribution in [0.1, 0.15) is 18.1 Å². The van der Waals surface area contributed by atoms with Crippen LogP contribution in [0.3, 0.4) is 0 Å². The van der Waals surface area contributed by atoms with Crippen LogP contribution in [0.15, 0.2) is 78.1 Å². The molecule has 2 heterocycles. The van der Waals surface area contributed by atoms with E-state index in [1.807, 2.05) is 36.4 Å². The molecule has 148 valence electrons. The van der Waals surface area contributed by atoms with Gasteiger partial charge in [0.15, 0.2) is 5.65 Å². The largest absolute Gasteiger partial charge is 0.288 e. The zero-order valence-electron chi connectivity index (χ0n) is 15.7. The van der Waals surface area contributed by atoms with E-state index in [0.717, 1.165) is 17.5 Å². The van der Waals surface area contributed by atoms with Crippen LogP contribution < -0.4 is 4.31 Å². The van der Waals surface area contributed by atoms with Crippen molar-refractivity contribution in [1.82, 2.24) is 14.6 Å². The first-order valence-corrected chi connectivity index (χ1v) is 11.0. The number of sulfonamides is 1. The molecule has 4 rings (SSSR count). The average molecular weight is 427 g/mol. The molecule has 0 atom stereocenters. The van der Waals surface area contributed by atoms with Gasteiger partial charge in [0, 0.05) is 11.2 Å². The van der Waals surface area contributed by atoms with Gasteiger partial charge in [-0.1, -0.05) is 42.8 Å². The van der Waals surface area contributed by atoms with E-state index >= 15 is 0 Å². The lowest BCUT2D eigenvalue weighted by molar-refractivity contribution is 0.590. The molecule has 0 bridgehead atoms. The number of anilines is 1. The maximum atomic E-state index is 13.7. The lowest BCUT2D eigenvalue weighted by Gasteiger charge is -2.25. The lowest BCUT2D eigenvalue weighted by atomic mass is 10.1. The summed E-state index contributed by atoms with van der Waals surface area (Å²) in [7, 11) is -3.90. The Morgan fingerprint density at radius 3 is 2.38 bits per heavy atom. The molecule has 0 unspecified atom stereocenters. The summed E-state index contributed by atoms with van der Waals surface area (Å²) in [5, 5.41) is 8.44. The number of aromatic nitrogens is 3. The number of hydrogen-bond acceptors (Lipinski definition) is 4. The maximum Gasteiger partial charge on any atom is 0.268 e. The van der Waals surface area contributed by atoms with Crippen LogP contribution in [0.2, 0.25) is 5.02 Å². The number of nitrogens with zero attached hydrogens (tertiary/aromatic N) is 4. The van der Waals surface area contributed by atoms with Crippen molar-refractivity contribution in [3.8, 4) is 0 Å². The van der Waals surface area contributed by atoms with E-state index in [2.05, 4.69) is 17.1 Å². The summed E-state index contributed by atoms with van der Waals surface area (Å²) >= 11 is 5.99. The fourth-order valence-corrected chi connectivity index (χ4v) is 4.82. The Balaban J connectivity index is 1.83. The Bertz CT molecular complexity index is 1240. The predicted molar refractivity (Wildman–Crippen MR) is 114 cm³/mol. The van der Waals surface area contributed by atoms with E-state index in [1.54, 1.807) is 34.9 Å². The van der Waals surface area contributed by atoms with Gasteiger partial charge in [-0.15, -0.1) is 10.2 Å². The summed E-state index contributed by atoms with van der Waals surface area (Å²) in [4.78, 5) is 0.103. The predicted octanol–water partition coefficient (Wildman–Crippen LogP) is 4.34. The number of halogens is 1. The molecule has 0 aliphatic carbocycles. The van der Waals surface area contributed by atoms with Crippen molar-refractivity contribution >= 4 is 33.0 Å². The molecule has 2 aromatic carbocycles. The standard InChI is InChI=1S/C21H19ClN4O2S/c1-2-16-7-11-19(12-8-16)26(14-17-5-9-18(22)10-6-17)29(27,28)20-4-3-13-25-15-23-24-21(20)25/h3-13,15H,2,14H2,1H3. The maximum absolute atomic E-state index is 13.7. The van der Waals surface area contributed by atoms with Gasteiger partial charge < -0.3 is 0 Å². The molecule has 0 aliphatic heterocycles. The molecule has 6 nitrogen and oxygen atoms in total. The molecule has 0 aliphatic rings. The van der Waals surface area contributed by atoms with Crippen LogP contribution in [-0.4, -0.2) is 23.0 Å². The number of benzene rings is 2. The van der Waals surface area contributed by atoms with Gasteiger partial charge in [-0.2, -0.15) is 0 Å². The first kappa shape index (κ1) is 19.4. The summed E-state index contributed by atoms with van der Waals surface area (Å²) in [5.41, 5.74) is 2.83. The summed E-state index contributed by atoms with van der Waals surface area (Å²) in [6, 6.07) is 17.9. The van der Waals surface area contributed by atoms with Gasteiger partial charge in [0.25, 0.3) is 10.0 Å². The molecule has 0 saturated carbocycles. The first-order valence-electron chi connectivity index (χ1n) is 9.13. The Kier molecular flexibility index (Phi) is 5.25. The topological polar surface area (TPSA) is 67.6 Å². The van der Waals surface area contributed by atoms with E-state index in [1.165, 1.54) is 10.6 Å². The van der Waals surface area contributed by atoms with E-state index in [9.17, 15) is 8.42 Å². The zero-order valence-corrected chi connectivity index (χ0v) is 17.3. The third-order valence-corrected chi connectivity index (χ3v) is 6.77. The number of aryl methyl sites for hydroxylation is 1. The molecule has 2 aromatic heterocycles. The van der Waals surface area contributed by atoms with Gasteiger partial charge in [-0.05, 0) is 53.9 Å². The molecule has 4 aromatic rings. The van der Waals surface area contributed by atoms with E-state index in [4.69, 9.17) is 11.6 Å². The quantitative estimate of drug-likeness (QED) is 0.460. The highest BCUT2D eigenvalue weighted by Crippen LogP contribution is 2.28.